The highest BCUT2D eigenvalue weighted by Crippen LogP contribution is 2.39. The standard InChI is InChI=1S/C10H12N6O/c17-10(14-9-11-3-4-12-9)13-8-5-7(15-16-8)6-1-2-6/h3-6H,1-2H2,(H4,11,12,13,14,15,16,17). The SMILES string of the molecule is O=C(Nc1cc(C2CC2)[nH]n1)Nc1ncc[nH]1. The molecule has 88 valence electrons. The van der Waals surface area contributed by atoms with Crippen LogP contribution in [-0.4, -0.2) is 26.2 Å². The van der Waals surface area contributed by atoms with Gasteiger partial charge in [-0.3, -0.25) is 15.7 Å². The number of hydrogen-bond donors (Lipinski definition) is 4. The van der Waals surface area contributed by atoms with Crippen LogP contribution in [-0.2, 0) is 0 Å². The summed E-state index contributed by atoms with van der Waals surface area (Å²) < 4.78 is 0. The Kier molecular flexibility index (Phi) is 2.28. The number of carbonyl (C=O) groups is 1. The number of nitrogens with zero attached hydrogens (tertiary/aromatic N) is 2. The van der Waals surface area contributed by atoms with Gasteiger partial charge < -0.3 is 4.98 Å². The van der Waals surface area contributed by atoms with E-state index in [9.17, 15) is 4.79 Å². The minimum atomic E-state index is -0.367. The second-order valence-electron chi connectivity index (χ2n) is 4.00. The number of amides is 2. The lowest BCUT2D eigenvalue weighted by Crippen LogP contribution is -2.20. The van der Waals surface area contributed by atoms with Gasteiger partial charge in [0, 0.05) is 30.1 Å². The van der Waals surface area contributed by atoms with Gasteiger partial charge in [0.1, 0.15) is 0 Å². The van der Waals surface area contributed by atoms with Gasteiger partial charge in [0.25, 0.3) is 0 Å². The molecule has 0 radical (unpaired) electrons. The second kappa shape index (κ2) is 3.93. The summed E-state index contributed by atoms with van der Waals surface area (Å²) >= 11 is 0. The van der Waals surface area contributed by atoms with Crippen LogP contribution in [0.25, 0.3) is 0 Å². The Morgan fingerprint density at radius 1 is 1.41 bits per heavy atom. The fourth-order valence-corrected chi connectivity index (χ4v) is 1.59. The van der Waals surface area contributed by atoms with E-state index in [1.54, 1.807) is 12.4 Å². The third kappa shape index (κ3) is 2.27. The van der Waals surface area contributed by atoms with Crippen LogP contribution in [0.15, 0.2) is 18.5 Å². The first-order chi connectivity index (χ1) is 8.31. The third-order valence-corrected chi connectivity index (χ3v) is 2.59. The van der Waals surface area contributed by atoms with Crippen LogP contribution in [0.3, 0.4) is 0 Å². The Balaban J connectivity index is 1.59. The van der Waals surface area contributed by atoms with Crippen molar-refractivity contribution < 1.29 is 4.79 Å². The molecular formula is C10H12N6O. The Bertz CT molecular complexity index is 513. The number of H-pyrrole nitrogens is 2. The van der Waals surface area contributed by atoms with E-state index in [1.165, 1.54) is 12.8 Å². The Morgan fingerprint density at radius 2 is 2.29 bits per heavy atom. The van der Waals surface area contributed by atoms with Gasteiger partial charge in [-0.15, -0.1) is 0 Å². The van der Waals surface area contributed by atoms with E-state index in [1.807, 2.05) is 6.07 Å². The van der Waals surface area contributed by atoms with E-state index in [4.69, 9.17) is 0 Å². The predicted molar refractivity (Wildman–Crippen MR) is 61.8 cm³/mol. The topological polar surface area (TPSA) is 98.5 Å². The second-order valence-corrected chi connectivity index (χ2v) is 4.00. The number of hydrogen-bond acceptors (Lipinski definition) is 3. The molecule has 2 heterocycles. The average molecular weight is 232 g/mol. The van der Waals surface area contributed by atoms with Crippen LogP contribution < -0.4 is 10.6 Å². The predicted octanol–water partition coefficient (Wildman–Crippen LogP) is 1.65. The van der Waals surface area contributed by atoms with Gasteiger partial charge in [0.2, 0.25) is 5.95 Å². The van der Waals surface area contributed by atoms with Crippen molar-refractivity contribution in [3.63, 3.8) is 0 Å². The molecule has 7 heteroatoms. The van der Waals surface area contributed by atoms with E-state index in [-0.39, 0.29) is 6.03 Å². The summed E-state index contributed by atoms with van der Waals surface area (Å²) in [5.41, 5.74) is 1.08. The van der Waals surface area contributed by atoms with Crippen LogP contribution >= 0.6 is 0 Å². The zero-order chi connectivity index (χ0) is 11.7. The number of aromatic nitrogens is 4. The van der Waals surface area contributed by atoms with Gasteiger partial charge >= 0.3 is 6.03 Å². The van der Waals surface area contributed by atoms with E-state index in [0.717, 1.165) is 5.69 Å². The molecule has 1 aliphatic rings. The number of carbonyl (C=O) groups excluding carboxylic acids is 1. The fourth-order valence-electron chi connectivity index (χ4n) is 1.59. The summed E-state index contributed by atoms with van der Waals surface area (Å²) in [7, 11) is 0. The monoisotopic (exact) mass is 232 g/mol. The summed E-state index contributed by atoms with van der Waals surface area (Å²) in [6.07, 6.45) is 5.59. The molecule has 0 spiro atoms. The Hall–Kier alpha value is -2.31. The lowest BCUT2D eigenvalue weighted by atomic mass is 10.3. The lowest BCUT2D eigenvalue weighted by molar-refractivity contribution is 0.262. The van der Waals surface area contributed by atoms with Crippen molar-refractivity contribution >= 4 is 17.8 Å². The minimum absolute atomic E-state index is 0.367. The fraction of sp³-hybridized carbons (Fsp3) is 0.300. The first-order valence-electron chi connectivity index (χ1n) is 5.44. The first kappa shape index (κ1) is 9.88. The molecule has 2 aromatic heterocycles. The zero-order valence-corrected chi connectivity index (χ0v) is 9.03. The highest BCUT2D eigenvalue weighted by atomic mass is 16.2. The normalized spacial score (nSPS) is 14.6. The quantitative estimate of drug-likeness (QED) is 0.647. The number of nitrogens with one attached hydrogen (secondary N) is 4. The lowest BCUT2D eigenvalue weighted by Gasteiger charge is -2.01. The van der Waals surface area contributed by atoms with Crippen LogP contribution in [0.2, 0.25) is 0 Å². The number of rotatable bonds is 3. The Labute approximate surface area is 97.0 Å². The summed E-state index contributed by atoms with van der Waals surface area (Å²) in [6.45, 7) is 0. The van der Waals surface area contributed by atoms with Crippen LogP contribution in [0.5, 0.6) is 0 Å². The van der Waals surface area contributed by atoms with E-state index >= 15 is 0 Å². The number of aromatic amines is 2. The molecule has 1 fully saturated rings. The van der Waals surface area contributed by atoms with E-state index in [2.05, 4.69) is 30.8 Å². The molecule has 0 saturated heterocycles. The van der Waals surface area contributed by atoms with Crippen LogP contribution in [0.4, 0.5) is 16.6 Å². The van der Waals surface area contributed by atoms with Crippen molar-refractivity contribution in [1.82, 2.24) is 20.2 Å². The number of anilines is 2. The number of imidazole rings is 1. The van der Waals surface area contributed by atoms with Crippen molar-refractivity contribution in [3.05, 3.63) is 24.2 Å². The zero-order valence-electron chi connectivity index (χ0n) is 9.03. The van der Waals surface area contributed by atoms with Gasteiger partial charge in [-0.25, -0.2) is 9.78 Å². The maximum absolute atomic E-state index is 11.5. The molecule has 0 bridgehead atoms. The van der Waals surface area contributed by atoms with Crippen molar-refractivity contribution in [2.24, 2.45) is 0 Å². The number of urea groups is 1. The van der Waals surface area contributed by atoms with Crippen molar-refractivity contribution in [3.8, 4) is 0 Å². The van der Waals surface area contributed by atoms with Crippen LogP contribution in [0.1, 0.15) is 24.5 Å². The average Bonchev–Trinajstić information content (AvgIpc) is 2.84. The molecule has 3 rings (SSSR count). The molecule has 0 aliphatic heterocycles. The molecule has 1 aliphatic carbocycles. The molecule has 7 nitrogen and oxygen atoms in total. The van der Waals surface area contributed by atoms with Gasteiger partial charge in [-0.1, -0.05) is 0 Å². The van der Waals surface area contributed by atoms with Crippen LogP contribution in [0, 0.1) is 0 Å². The highest BCUT2D eigenvalue weighted by Gasteiger charge is 2.25. The maximum atomic E-state index is 11.5. The van der Waals surface area contributed by atoms with Crippen molar-refractivity contribution in [1.29, 1.82) is 0 Å². The van der Waals surface area contributed by atoms with Crippen molar-refractivity contribution in [2.45, 2.75) is 18.8 Å². The minimum Gasteiger partial charge on any atom is -0.331 e. The van der Waals surface area contributed by atoms with Gasteiger partial charge in [-0.2, -0.15) is 5.10 Å². The summed E-state index contributed by atoms with van der Waals surface area (Å²) in [5, 5.41) is 12.1. The molecule has 1 saturated carbocycles. The van der Waals surface area contributed by atoms with Gasteiger partial charge in [-0.05, 0) is 12.8 Å². The molecular weight excluding hydrogens is 220 g/mol. The first-order valence-corrected chi connectivity index (χ1v) is 5.44. The molecule has 4 N–H and O–H groups in total. The van der Waals surface area contributed by atoms with Crippen molar-refractivity contribution in [2.75, 3.05) is 10.6 Å². The molecule has 0 aromatic carbocycles. The maximum Gasteiger partial charge on any atom is 0.327 e. The summed E-state index contributed by atoms with van der Waals surface area (Å²) in [5.74, 6) is 1.52. The summed E-state index contributed by atoms with van der Waals surface area (Å²) in [4.78, 5) is 18.2. The summed E-state index contributed by atoms with van der Waals surface area (Å²) in [6, 6.07) is 1.49. The molecule has 0 atom stereocenters. The molecule has 2 amide bonds. The van der Waals surface area contributed by atoms with Gasteiger partial charge in [0.15, 0.2) is 5.82 Å². The smallest absolute Gasteiger partial charge is 0.327 e. The highest BCUT2D eigenvalue weighted by molar-refractivity contribution is 5.97. The van der Waals surface area contributed by atoms with E-state index < -0.39 is 0 Å². The Morgan fingerprint density at radius 3 is 3.00 bits per heavy atom. The largest absolute Gasteiger partial charge is 0.331 e. The van der Waals surface area contributed by atoms with Gasteiger partial charge in [0.05, 0.1) is 0 Å². The van der Waals surface area contributed by atoms with E-state index in [0.29, 0.717) is 17.7 Å². The molecule has 17 heavy (non-hydrogen) atoms. The molecule has 0 unspecified atom stereocenters. The molecule has 2 aromatic rings. The third-order valence-electron chi connectivity index (χ3n) is 2.59.